The number of primary amides is 1. The first-order chi connectivity index (χ1) is 9.29. The topological polar surface area (TPSA) is 122 Å². The lowest BCUT2D eigenvalue weighted by molar-refractivity contribution is -0.140. The molecule has 0 heterocycles. The maximum Gasteiger partial charge on any atom is 0.326 e. The van der Waals surface area contributed by atoms with Crippen LogP contribution in [0.5, 0.6) is 0 Å². The molecule has 0 saturated heterocycles. The third kappa shape index (κ3) is 4.60. The number of carbonyl (C=O) groups is 3. The molecule has 0 unspecified atom stereocenters. The van der Waals surface area contributed by atoms with Gasteiger partial charge in [-0.1, -0.05) is 17.7 Å². The molecule has 1 rings (SSSR count). The van der Waals surface area contributed by atoms with E-state index in [0.717, 1.165) is 11.1 Å². The molecular weight excluding hydrogens is 262 g/mol. The molecule has 1 aromatic rings. The summed E-state index contributed by atoms with van der Waals surface area (Å²) in [6.07, 6.45) is -0.463. The smallest absolute Gasteiger partial charge is 0.326 e. The number of hydrogen-bond acceptors (Lipinski definition) is 3. The Morgan fingerprint density at radius 2 is 1.95 bits per heavy atom. The van der Waals surface area contributed by atoms with Crippen molar-refractivity contribution in [3.63, 3.8) is 0 Å². The number of nitrogens with two attached hydrogens (primary N) is 1. The predicted molar refractivity (Wildman–Crippen MR) is 73.3 cm³/mol. The summed E-state index contributed by atoms with van der Waals surface area (Å²) in [7, 11) is 0. The first-order valence-corrected chi connectivity index (χ1v) is 5.95. The Bertz CT molecular complexity index is 542. The van der Waals surface area contributed by atoms with Crippen LogP contribution in [0.3, 0.4) is 0 Å². The van der Waals surface area contributed by atoms with E-state index in [0.29, 0.717) is 5.69 Å². The van der Waals surface area contributed by atoms with Crippen molar-refractivity contribution in [2.24, 2.45) is 5.73 Å². The Morgan fingerprint density at radius 3 is 2.45 bits per heavy atom. The molecule has 0 bridgehead atoms. The standard InChI is InChI=1S/C13H17N3O4/c1-7-3-4-9(8(2)5-7)15-13(20)16-10(12(18)19)6-11(14)17/h3-5,10H,6H2,1-2H3,(H2,14,17)(H,18,19)(H2,15,16,20)/t10-/m0/s1. The quantitative estimate of drug-likeness (QED) is 0.635. The number of hydrogen-bond donors (Lipinski definition) is 4. The number of benzene rings is 1. The second-order valence-corrected chi connectivity index (χ2v) is 4.48. The van der Waals surface area contributed by atoms with E-state index in [1.807, 2.05) is 26.0 Å². The molecule has 0 aliphatic rings. The van der Waals surface area contributed by atoms with Crippen LogP contribution < -0.4 is 16.4 Å². The molecule has 0 aliphatic heterocycles. The van der Waals surface area contributed by atoms with E-state index in [-0.39, 0.29) is 0 Å². The molecule has 5 N–H and O–H groups in total. The van der Waals surface area contributed by atoms with E-state index in [1.54, 1.807) is 6.07 Å². The van der Waals surface area contributed by atoms with Gasteiger partial charge in [0.05, 0.1) is 6.42 Å². The van der Waals surface area contributed by atoms with Crippen LogP contribution >= 0.6 is 0 Å². The van der Waals surface area contributed by atoms with Gasteiger partial charge in [-0.2, -0.15) is 0 Å². The Kier molecular flexibility index (Phi) is 5.08. The van der Waals surface area contributed by atoms with Crippen molar-refractivity contribution in [3.05, 3.63) is 29.3 Å². The third-order valence-corrected chi connectivity index (χ3v) is 2.64. The summed E-state index contributed by atoms with van der Waals surface area (Å²) >= 11 is 0. The van der Waals surface area contributed by atoms with Crippen molar-refractivity contribution in [2.45, 2.75) is 26.3 Å². The molecule has 1 atom stereocenters. The highest BCUT2D eigenvalue weighted by Crippen LogP contribution is 2.15. The van der Waals surface area contributed by atoms with Crippen LogP contribution in [0.4, 0.5) is 10.5 Å². The number of anilines is 1. The number of carboxylic acid groups (broad SMARTS) is 1. The minimum absolute atomic E-state index is 0.463. The van der Waals surface area contributed by atoms with Gasteiger partial charge in [0, 0.05) is 5.69 Å². The molecule has 3 amide bonds. The summed E-state index contributed by atoms with van der Waals surface area (Å²) in [5.74, 6) is -2.12. The number of amides is 3. The zero-order valence-electron chi connectivity index (χ0n) is 11.3. The van der Waals surface area contributed by atoms with Gasteiger partial charge in [-0.05, 0) is 25.5 Å². The van der Waals surface area contributed by atoms with Crippen LogP contribution in [0.25, 0.3) is 0 Å². The molecule has 0 spiro atoms. The van der Waals surface area contributed by atoms with Crippen molar-refractivity contribution < 1.29 is 19.5 Å². The normalized spacial score (nSPS) is 11.5. The molecule has 7 heteroatoms. The molecule has 20 heavy (non-hydrogen) atoms. The van der Waals surface area contributed by atoms with Crippen LogP contribution in [0.15, 0.2) is 18.2 Å². The first kappa shape index (κ1) is 15.5. The number of carbonyl (C=O) groups excluding carboxylic acids is 2. The van der Waals surface area contributed by atoms with E-state index in [1.165, 1.54) is 0 Å². The highest BCUT2D eigenvalue weighted by molar-refractivity contribution is 5.94. The van der Waals surface area contributed by atoms with E-state index in [4.69, 9.17) is 10.8 Å². The number of rotatable bonds is 5. The summed E-state index contributed by atoms with van der Waals surface area (Å²) in [4.78, 5) is 33.3. The van der Waals surface area contributed by atoms with E-state index in [2.05, 4.69) is 10.6 Å². The summed E-state index contributed by atoms with van der Waals surface area (Å²) in [6.45, 7) is 3.74. The minimum atomic E-state index is -1.35. The third-order valence-electron chi connectivity index (χ3n) is 2.64. The molecule has 0 fully saturated rings. The summed E-state index contributed by atoms with van der Waals surface area (Å²) in [5.41, 5.74) is 7.39. The Hall–Kier alpha value is -2.57. The zero-order chi connectivity index (χ0) is 15.3. The fourth-order valence-electron chi connectivity index (χ4n) is 1.67. The fourth-order valence-corrected chi connectivity index (χ4v) is 1.67. The maximum absolute atomic E-state index is 11.7. The Labute approximate surface area is 116 Å². The molecule has 0 aliphatic carbocycles. The second kappa shape index (κ2) is 6.55. The summed E-state index contributed by atoms with van der Waals surface area (Å²) < 4.78 is 0. The first-order valence-electron chi connectivity index (χ1n) is 5.95. The lowest BCUT2D eigenvalue weighted by atomic mass is 10.1. The van der Waals surface area contributed by atoms with Gasteiger partial charge in [-0.25, -0.2) is 9.59 Å². The molecule has 0 saturated carbocycles. The van der Waals surface area contributed by atoms with Crippen LogP contribution in [0.1, 0.15) is 17.5 Å². The van der Waals surface area contributed by atoms with Crippen LogP contribution in [-0.4, -0.2) is 29.1 Å². The Balaban J connectivity index is 2.70. The summed E-state index contributed by atoms with van der Waals surface area (Å²) in [6, 6.07) is 3.37. The highest BCUT2D eigenvalue weighted by Gasteiger charge is 2.22. The number of nitrogens with one attached hydrogen (secondary N) is 2. The number of aryl methyl sites for hydroxylation is 2. The lowest BCUT2D eigenvalue weighted by Crippen LogP contribution is -2.45. The van der Waals surface area contributed by atoms with Crippen molar-refractivity contribution >= 4 is 23.6 Å². The van der Waals surface area contributed by atoms with E-state index >= 15 is 0 Å². The monoisotopic (exact) mass is 279 g/mol. The molecule has 0 radical (unpaired) electrons. The van der Waals surface area contributed by atoms with Crippen molar-refractivity contribution in [1.82, 2.24) is 5.32 Å². The maximum atomic E-state index is 11.7. The number of aliphatic carboxylic acids is 1. The zero-order valence-corrected chi connectivity index (χ0v) is 11.3. The lowest BCUT2D eigenvalue weighted by Gasteiger charge is -2.14. The predicted octanol–water partition coefficient (Wildman–Crippen LogP) is 0.754. The van der Waals surface area contributed by atoms with Gasteiger partial charge in [0.2, 0.25) is 5.91 Å². The molecule has 0 aromatic heterocycles. The van der Waals surface area contributed by atoms with Gasteiger partial charge in [0.1, 0.15) is 6.04 Å². The van der Waals surface area contributed by atoms with Gasteiger partial charge in [-0.3, -0.25) is 4.79 Å². The van der Waals surface area contributed by atoms with Crippen molar-refractivity contribution in [3.8, 4) is 0 Å². The number of urea groups is 1. The SMILES string of the molecule is Cc1ccc(NC(=O)N[C@@H](CC(N)=O)C(=O)O)c(C)c1. The largest absolute Gasteiger partial charge is 0.480 e. The molecule has 7 nitrogen and oxygen atoms in total. The molecular formula is C13H17N3O4. The van der Waals surface area contributed by atoms with Gasteiger partial charge in [0.15, 0.2) is 0 Å². The van der Waals surface area contributed by atoms with Gasteiger partial charge >= 0.3 is 12.0 Å². The molecule has 1 aromatic carbocycles. The fraction of sp³-hybridized carbons (Fsp3) is 0.308. The van der Waals surface area contributed by atoms with Gasteiger partial charge in [-0.15, -0.1) is 0 Å². The highest BCUT2D eigenvalue weighted by atomic mass is 16.4. The van der Waals surface area contributed by atoms with Crippen LogP contribution in [-0.2, 0) is 9.59 Å². The summed E-state index contributed by atoms with van der Waals surface area (Å²) in [5, 5.41) is 13.6. The second-order valence-electron chi connectivity index (χ2n) is 4.48. The van der Waals surface area contributed by atoms with Crippen LogP contribution in [0, 0.1) is 13.8 Å². The van der Waals surface area contributed by atoms with Crippen molar-refractivity contribution in [1.29, 1.82) is 0 Å². The minimum Gasteiger partial charge on any atom is -0.480 e. The van der Waals surface area contributed by atoms with Gasteiger partial charge < -0.3 is 21.5 Å². The van der Waals surface area contributed by atoms with E-state index in [9.17, 15) is 14.4 Å². The molecule has 108 valence electrons. The number of carboxylic acids is 1. The average molecular weight is 279 g/mol. The van der Waals surface area contributed by atoms with Crippen molar-refractivity contribution in [2.75, 3.05) is 5.32 Å². The Morgan fingerprint density at radius 1 is 1.30 bits per heavy atom. The van der Waals surface area contributed by atoms with E-state index < -0.39 is 30.4 Å². The van der Waals surface area contributed by atoms with Gasteiger partial charge in [0.25, 0.3) is 0 Å². The average Bonchev–Trinajstić information content (AvgIpc) is 2.31. The van der Waals surface area contributed by atoms with Crippen LogP contribution in [0.2, 0.25) is 0 Å².